The number of hydrogen-bond donors (Lipinski definition) is 1. The number of aryl methyl sites for hydroxylation is 1. The molecule has 0 unspecified atom stereocenters. The molecule has 0 amide bonds. The Morgan fingerprint density at radius 3 is 2.42 bits per heavy atom. The predicted octanol–water partition coefficient (Wildman–Crippen LogP) is 5.22. The first-order valence-electron chi connectivity index (χ1n) is 10.5. The molecule has 0 spiro atoms. The molecule has 0 radical (unpaired) electrons. The van der Waals surface area contributed by atoms with Gasteiger partial charge in [-0.25, -0.2) is 18.5 Å². The second-order valence-electron chi connectivity index (χ2n) is 7.71. The van der Waals surface area contributed by atoms with Crippen LogP contribution in [-0.4, -0.2) is 20.1 Å². The lowest BCUT2D eigenvalue weighted by Crippen LogP contribution is -2.20. The van der Waals surface area contributed by atoms with Gasteiger partial charge in [-0.05, 0) is 61.2 Å². The number of halogens is 5. The SMILES string of the molecule is Cc1cc(-n2cc(F)c(F)c2)ccc1-n1ccc(=O)c(C(C=CN)=Nc2cccc(C(F)(F)F)c2)n1. The summed E-state index contributed by atoms with van der Waals surface area (Å²) in [4.78, 5) is 16.8. The van der Waals surface area contributed by atoms with Crippen LogP contribution in [0.3, 0.4) is 0 Å². The standard InChI is InChI=1S/C25H18F5N5O/c1-15-11-18(34-13-19(26)20(27)14-34)5-6-22(15)35-10-8-23(36)24(33-35)21(7-9-31)32-17-4-2-3-16(12-17)25(28,29)30/h2-14H,31H2,1H3. The van der Waals surface area contributed by atoms with Crippen LogP contribution >= 0.6 is 0 Å². The van der Waals surface area contributed by atoms with Crippen molar-refractivity contribution >= 4 is 11.4 Å². The predicted molar refractivity (Wildman–Crippen MR) is 125 cm³/mol. The van der Waals surface area contributed by atoms with E-state index in [1.807, 2.05) is 0 Å². The first-order valence-corrected chi connectivity index (χ1v) is 10.5. The largest absolute Gasteiger partial charge is 0.416 e. The summed E-state index contributed by atoms with van der Waals surface area (Å²) in [5.74, 6) is -1.96. The van der Waals surface area contributed by atoms with Gasteiger partial charge in [0.25, 0.3) is 0 Å². The first-order chi connectivity index (χ1) is 17.1. The summed E-state index contributed by atoms with van der Waals surface area (Å²) in [6, 6.07) is 10.5. The fourth-order valence-corrected chi connectivity index (χ4v) is 3.48. The Morgan fingerprint density at radius 2 is 1.78 bits per heavy atom. The Labute approximate surface area is 201 Å². The van der Waals surface area contributed by atoms with Gasteiger partial charge in [0.2, 0.25) is 5.43 Å². The highest BCUT2D eigenvalue weighted by molar-refractivity contribution is 6.08. The minimum atomic E-state index is -4.56. The van der Waals surface area contributed by atoms with Crippen molar-refractivity contribution in [2.24, 2.45) is 10.7 Å². The third-order valence-corrected chi connectivity index (χ3v) is 5.19. The Morgan fingerprint density at radius 1 is 1.06 bits per heavy atom. The Kier molecular flexibility index (Phi) is 6.56. The van der Waals surface area contributed by atoms with E-state index in [2.05, 4.69) is 10.1 Å². The summed E-state index contributed by atoms with van der Waals surface area (Å²) in [5.41, 5.74) is 5.56. The molecular weight excluding hydrogens is 481 g/mol. The van der Waals surface area contributed by atoms with Gasteiger partial charge in [-0.15, -0.1) is 0 Å². The summed E-state index contributed by atoms with van der Waals surface area (Å²) in [6.45, 7) is 1.74. The molecule has 0 aliphatic heterocycles. The molecule has 0 aliphatic carbocycles. The van der Waals surface area contributed by atoms with E-state index in [1.54, 1.807) is 25.1 Å². The maximum absolute atomic E-state index is 13.4. The number of nitrogens with two attached hydrogens (primary N) is 1. The van der Waals surface area contributed by atoms with Gasteiger partial charge >= 0.3 is 6.18 Å². The third kappa shape index (κ3) is 5.09. The highest BCUT2D eigenvalue weighted by Crippen LogP contribution is 2.31. The quantitative estimate of drug-likeness (QED) is 0.302. The molecule has 6 nitrogen and oxygen atoms in total. The van der Waals surface area contributed by atoms with Crippen LogP contribution in [0.25, 0.3) is 11.4 Å². The second-order valence-corrected chi connectivity index (χ2v) is 7.71. The minimum absolute atomic E-state index is 0.0382. The van der Waals surface area contributed by atoms with Crippen LogP contribution < -0.4 is 11.2 Å². The van der Waals surface area contributed by atoms with Crippen LogP contribution in [0.2, 0.25) is 0 Å². The average Bonchev–Trinajstić information content (AvgIpc) is 3.17. The lowest BCUT2D eigenvalue weighted by molar-refractivity contribution is -0.137. The van der Waals surface area contributed by atoms with Crippen molar-refractivity contribution in [3.05, 3.63) is 118 Å². The molecule has 0 saturated heterocycles. The molecule has 2 heterocycles. The van der Waals surface area contributed by atoms with Gasteiger partial charge in [0.05, 0.1) is 22.6 Å². The van der Waals surface area contributed by atoms with Crippen molar-refractivity contribution in [2.45, 2.75) is 13.1 Å². The number of rotatable bonds is 5. The maximum Gasteiger partial charge on any atom is 0.416 e. The Hall–Kier alpha value is -4.54. The van der Waals surface area contributed by atoms with Gasteiger partial charge in [0.1, 0.15) is 0 Å². The molecule has 2 aromatic carbocycles. The molecule has 0 aliphatic rings. The molecule has 4 rings (SSSR count). The number of nitrogens with zero attached hydrogens (tertiary/aromatic N) is 4. The Bertz CT molecular complexity index is 1530. The smallest absolute Gasteiger partial charge is 0.405 e. The van der Waals surface area contributed by atoms with Crippen molar-refractivity contribution < 1.29 is 22.0 Å². The maximum atomic E-state index is 13.4. The van der Waals surface area contributed by atoms with Gasteiger partial charge in [-0.1, -0.05) is 6.07 Å². The summed E-state index contributed by atoms with van der Waals surface area (Å²) in [6.07, 6.45) is 1.23. The second kappa shape index (κ2) is 9.61. The van der Waals surface area contributed by atoms with Gasteiger partial charge in [-0.3, -0.25) is 4.79 Å². The number of benzene rings is 2. The van der Waals surface area contributed by atoms with Crippen molar-refractivity contribution in [3.63, 3.8) is 0 Å². The normalized spacial score (nSPS) is 12.4. The summed E-state index contributed by atoms with van der Waals surface area (Å²) in [7, 11) is 0. The summed E-state index contributed by atoms with van der Waals surface area (Å²) < 4.78 is 68.8. The monoisotopic (exact) mass is 499 g/mol. The molecule has 4 aromatic rings. The number of alkyl halides is 3. The van der Waals surface area contributed by atoms with Crippen molar-refractivity contribution in [2.75, 3.05) is 0 Å². The van der Waals surface area contributed by atoms with Crippen LogP contribution in [0.15, 0.2) is 89.2 Å². The summed E-state index contributed by atoms with van der Waals surface area (Å²) in [5, 5.41) is 4.33. The zero-order valence-electron chi connectivity index (χ0n) is 18.7. The number of aromatic nitrogens is 3. The van der Waals surface area contributed by atoms with Gasteiger partial charge in [-0.2, -0.15) is 18.3 Å². The van der Waals surface area contributed by atoms with Gasteiger partial charge < -0.3 is 10.3 Å². The van der Waals surface area contributed by atoms with E-state index >= 15 is 0 Å². The van der Waals surface area contributed by atoms with Crippen molar-refractivity contribution in [1.82, 2.24) is 14.3 Å². The highest BCUT2D eigenvalue weighted by Gasteiger charge is 2.30. The molecule has 2 N–H and O–H groups in total. The van der Waals surface area contributed by atoms with E-state index in [0.29, 0.717) is 16.9 Å². The molecule has 0 fully saturated rings. The molecule has 0 saturated carbocycles. The van der Waals surface area contributed by atoms with E-state index in [0.717, 1.165) is 30.7 Å². The van der Waals surface area contributed by atoms with Gasteiger partial charge in [0, 0.05) is 30.3 Å². The highest BCUT2D eigenvalue weighted by atomic mass is 19.4. The molecule has 184 valence electrons. The topological polar surface area (TPSA) is 78.2 Å². The van der Waals surface area contributed by atoms with Crippen molar-refractivity contribution in [3.8, 4) is 11.4 Å². The molecule has 0 atom stereocenters. The lowest BCUT2D eigenvalue weighted by atomic mass is 10.1. The first kappa shape index (κ1) is 24.6. The van der Waals surface area contributed by atoms with Crippen molar-refractivity contribution in [1.29, 1.82) is 0 Å². The minimum Gasteiger partial charge on any atom is -0.405 e. The lowest BCUT2D eigenvalue weighted by Gasteiger charge is -2.12. The zero-order valence-corrected chi connectivity index (χ0v) is 18.7. The van der Waals surface area contributed by atoms with E-state index in [-0.39, 0.29) is 17.1 Å². The van der Waals surface area contributed by atoms with Crippen LogP contribution in [-0.2, 0) is 6.18 Å². The molecule has 11 heteroatoms. The third-order valence-electron chi connectivity index (χ3n) is 5.19. The molecule has 36 heavy (non-hydrogen) atoms. The van der Waals surface area contributed by atoms with E-state index < -0.39 is 28.8 Å². The molecule has 2 aromatic heterocycles. The fraction of sp³-hybridized carbons (Fsp3) is 0.0800. The van der Waals surface area contributed by atoms with Gasteiger partial charge in [0.15, 0.2) is 17.3 Å². The van der Waals surface area contributed by atoms with Crippen LogP contribution in [0.5, 0.6) is 0 Å². The van der Waals surface area contributed by atoms with E-state index in [1.165, 1.54) is 39.7 Å². The average molecular weight is 499 g/mol. The number of allylic oxidation sites excluding steroid dienone is 1. The molecular formula is C25H18F5N5O. The number of hydrogen-bond acceptors (Lipinski definition) is 4. The number of aliphatic imine (C=N–C) groups is 1. The Balaban J connectivity index is 1.76. The van der Waals surface area contributed by atoms with Crippen LogP contribution in [0, 0.1) is 18.6 Å². The molecule has 0 bridgehead atoms. The van der Waals surface area contributed by atoms with E-state index in [4.69, 9.17) is 5.73 Å². The summed E-state index contributed by atoms with van der Waals surface area (Å²) >= 11 is 0. The van der Waals surface area contributed by atoms with Crippen LogP contribution in [0.4, 0.5) is 27.6 Å². The zero-order chi connectivity index (χ0) is 26.0. The fourth-order valence-electron chi connectivity index (χ4n) is 3.48. The van der Waals surface area contributed by atoms with Crippen LogP contribution in [0.1, 0.15) is 16.8 Å². The van der Waals surface area contributed by atoms with E-state index in [9.17, 15) is 26.7 Å².